The van der Waals surface area contributed by atoms with Gasteiger partial charge in [-0.15, -0.1) is 0 Å². The van der Waals surface area contributed by atoms with E-state index in [0.717, 1.165) is 0 Å². The minimum Gasteiger partial charge on any atom is -0.465 e. The molecule has 1 rings (SSSR count). The summed E-state index contributed by atoms with van der Waals surface area (Å²) >= 11 is 12.2. The zero-order chi connectivity index (χ0) is 21.5. The molecule has 0 saturated heterocycles. The molecule has 0 aliphatic rings. The number of nitrogens with one attached hydrogen (secondary N) is 1. The maximum Gasteiger partial charge on any atom is 0.408 e. The first-order chi connectivity index (χ1) is 13.0. The normalized spacial score (nSPS) is 13.5. The number of amides is 2. The molecule has 0 aliphatic heterocycles. The molecule has 1 aromatic rings. The van der Waals surface area contributed by atoms with E-state index in [0.29, 0.717) is 29.7 Å². The van der Waals surface area contributed by atoms with Crippen LogP contribution in [-0.2, 0) is 15.1 Å². The lowest BCUT2D eigenvalue weighted by Crippen LogP contribution is -2.57. The Morgan fingerprint density at radius 1 is 1.21 bits per heavy atom. The molecule has 0 bridgehead atoms. The molecule has 1 unspecified atom stereocenters. The van der Waals surface area contributed by atoms with E-state index in [1.54, 1.807) is 18.2 Å². The maximum absolute atomic E-state index is 12.2. The van der Waals surface area contributed by atoms with E-state index >= 15 is 0 Å². The molecule has 156 valence electrons. The Hall–Kier alpha value is -1.79. The van der Waals surface area contributed by atoms with E-state index in [1.807, 2.05) is 27.7 Å². The average molecular weight is 431 g/mol. The number of rotatable bonds is 9. The van der Waals surface area contributed by atoms with E-state index in [4.69, 9.17) is 23.2 Å². The Morgan fingerprint density at radius 2 is 1.86 bits per heavy atom. The zero-order valence-electron chi connectivity index (χ0n) is 16.7. The van der Waals surface area contributed by atoms with Crippen LogP contribution in [0.25, 0.3) is 0 Å². The fraction of sp³-hybridized carbons (Fsp3) is 0.550. The number of nitrogens with zero attached hydrogens (tertiary/aromatic N) is 1. The molecule has 0 fully saturated rings. The van der Waals surface area contributed by atoms with Crippen molar-refractivity contribution < 1.29 is 19.5 Å². The van der Waals surface area contributed by atoms with Gasteiger partial charge in [0.15, 0.2) is 0 Å². The van der Waals surface area contributed by atoms with E-state index in [-0.39, 0.29) is 35.9 Å². The third-order valence-electron chi connectivity index (χ3n) is 4.31. The van der Waals surface area contributed by atoms with Gasteiger partial charge in [-0.1, -0.05) is 57.0 Å². The fourth-order valence-electron chi connectivity index (χ4n) is 3.01. The van der Waals surface area contributed by atoms with Crippen molar-refractivity contribution in [2.75, 3.05) is 13.1 Å². The smallest absolute Gasteiger partial charge is 0.408 e. The number of carboxylic acid groups (broad SMARTS) is 1. The Labute approximate surface area is 176 Å². The van der Waals surface area contributed by atoms with Crippen molar-refractivity contribution in [3.63, 3.8) is 0 Å². The summed E-state index contributed by atoms with van der Waals surface area (Å²) < 4.78 is 0. The van der Waals surface area contributed by atoms with E-state index in [2.05, 4.69) is 5.32 Å². The molecule has 8 heteroatoms. The van der Waals surface area contributed by atoms with Crippen LogP contribution < -0.4 is 5.32 Å². The van der Waals surface area contributed by atoms with Crippen molar-refractivity contribution in [1.29, 1.82) is 0 Å². The van der Waals surface area contributed by atoms with Crippen LogP contribution in [0.1, 0.15) is 52.5 Å². The molecule has 0 radical (unpaired) electrons. The minimum absolute atomic E-state index is 0.0507. The lowest BCUT2D eigenvalue weighted by atomic mass is 9.82. The van der Waals surface area contributed by atoms with Crippen LogP contribution in [0.4, 0.5) is 4.79 Å². The molecule has 1 aromatic carbocycles. The number of hydrogen-bond acceptors (Lipinski definition) is 3. The van der Waals surface area contributed by atoms with Crippen molar-refractivity contribution in [2.24, 2.45) is 5.41 Å². The molecule has 1 atom stereocenters. The summed E-state index contributed by atoms with van der Waals surface area (Å²) in [4.78, 5) is 37.2. The predicted octanol–water partition coefficient (Wildman–Crippen LogP) is 4.72. The molecule has 0 saturated carbocycles. The van der Waals surface area contributed by atoms with Crippen molar-refractivity contribution >= 4 is 41.5 Å². The number of hydrogen-bond donors (Lipinski definition) is 2. The van der Waals surface area contributed by atoms with Gasteiger partial charge < -0.3 is 15.2 Å². The predicted molar refractivity (Wildman–Crippen MR) is 111 cm³/mol. The monoisotopic (exact) mass is 430 g/mol. The SMILES string of the molecule is CCCC(=O)NCC(CC=O)(c1ccc(Cl)c(Cl)c1)N(CC(C)(C)C)C(=O)O. The van der Waals surface area contributed by atoms with Crippen LogP contribution in [0.15, 0.2) is 18.2 Å². The lowest BCUT2D eigenvalue weighted by molar-refractivity contribution is -0.122. The van der Waals surface area contributed by atoms with Gasteiger partial charge >= 0.3 is 6.09 Å². The van der Waals surface area contributed by atoms with Gasteiger partial charge in [-0.05, 0) is 29.5 Å². The fourth-order valence-corrected chi connectivity index (χ4v) is 3.31. The van der Waals surface area contributed by atoms with Gasteiger partial charge in [0, 0.05) is 25.9 Å². The zero-order valence-corrected chi connectivity index (χ0v) is 18.2. The van der Waals surface area contributed by atoms with Crippen molar-refractivity contribution in [2.45, 2.75) is 52.5 Å². The van der Waals surface area contributed by atoms with Gasteiger partial charge in [0.1, 0.15) is 6.29 Å². The summed E-state index contributed by atoms with van der Waals surface area (Å²) in [6.07, 6.45) is 0.300. The van der Waals surface area contributed by atoms with Gasteiger partial charge in [0.25, 0.3) is 0 Å². The molecular formula is C20H28Cl2N2O4. The molecular weight excluding hydrogens is 403 g/mol. The number of benzene rings is 1. The van der Waals surface area contributed by atoms with Gasteiger partial charge in [-0.2, -0.15) is 0 Å². The first-order valence-electron chi connectivity index (χ1n) is 9.13. The van der Waals surface area contributed by atoms with Gasteiger partial charge in [0.2, 0.25) is 5.91 Å². The second-order valence-corrected chi connectivity index (χ2v) is 8.80. The van der Waals surface area contributed by atoms with Crippen molar-refractivity contribution in [1.82, 2.24) is 10.2 Å². The highest BCUT2D eigenvalue weighted by Gasteiger charge is 2.43. The van der Waals surface area contributed by atoms with Crippen LogP contribution >= 0.6 is 23.2 Å². The van der Waals surface area contributed by atoms with Crippen LogP contribution in [0.3, 0.4) is 0 Å². The van der Waals surface area contributed by atoms with Crippen molar-refractivity contribution in [3.8, 4) is 0 Å². The largest absolute Gasteiger partial charge is 0.465 e. The van der Waals surface area contributed by atoms with Crippen LogP contribution in [-0.4, -0.2) is 41.4 Å². The standard InChI is InChI=1S/C20H28Cl2N2O4/c1-5-6-17(26)23-12-20(9-10-25,14-7-8-15(21)16(22)11-14)24(18(27)28)13-19(2,3)4/h7-8,10-11H,5-6,9,12-13H2,1-4H3,(H,23,26)(H,27,28). The summed E-state index contributed by atoms with van der Waals surface area (Å²) in [7, 11) is 0. The Kier molecular flexibility index (Phi) is 8.76. The van der Waals surface area contributed by atoms with Crippen LogP contribution in [0, 0.1) is 5.41 Å². The molecule has 2 amide bonds. The first-order valence-corrected chi connectivity index (χ1v) is 9.89. The second kappa shape index (κ2) is 10.1. The average Bonchev–Trinajstić information content (AvgIpc) is 2.58. The highest BCUT2D eigenvalue weighted by atomic mass is 35.5. The quantitative estimate of drug-likeness (QED) is 0.554. The number of carbonyl (C=O) groups is 3. The molecule has 2 N–H and O–H groups in total. The third-order valence-corrected chi connectivity index (χ3v) is 5.05. The van der Waals surface area contributed by atoms with E-state index in [9.17, 15) is 19.5 Å². The summed E-state index contributed by atoms with van der Waals surface area (Å²) in [5, 5.41) is 13.3. The maximum atomic E-state index is 12.2. The topological polar surface area (TPSA) is 86.7 Å². The first kappa shape index (κ1) is 24.2. The van der Waals surface area contributed by atoms with Gasteiger partial charge in [-0.3, -0.25) is 9.69 Å². The second-order valence-electron chi connectivity index (χ2n) is 7.99. The summed E-state index contributed by atoms with van der Waals surface area (Å²) in [5.74, 6) is -0.209. The molecule has 28 heavy (non-hydrogen) atoms. The summed E-state index contributed by atoms with van der Waals surface area (Å²) in [6.45, 7) is 7.68. The Morgan fingerprint density at radius 3 is 2.32 bits per heavy atom. The van der Waals surface area contributed by atoms with Gasteiger partial charge in [0.05, 0.1) is 15.6 Å². The van der Waals surface area contributed by atoms with Crippen LogP contribution in [0.5, 0.6) is 0 Å². The lowest BCUT2D eigenvalue weighted by Gasteiger charge is -2.44. The molecule has 0 spiro atoms. The molecule has 0 aliphatic carbocycles. The van der Waals surface area contributed by atoms with E-state index in [1.165, 1.54) is 4.90 Å². The molecule has 0 aromatic heterocycles. The molecule has 0 heterocycles. The third kappa shape index (κ3) is 6.38. The Bertz CT molecular complexity index is 719. The summed E-state index contributed by atoms with van der Waals surface area (Å²) in [5.41, 5.74) is -1.19. The van der Waals surface area contributed by atoms with Crippen LogP contribution in [0.2, 0.25) is 10.0 Å². The van der Waals surface area contributed by atoms with E-state index < -0.39 is 11.6 Å². The number of aldehydes is 1. The molecule has 6 nitrogen and oxygen atoms in total. The van der Waals surface area contributed by atoms with Gasteiger partial charge in [-0.25, -0.2) is 4.79 Å². The highest BCUT2D eigenvalue weighted by Crippen LogP contribution is 2.37. The van der Waals surface area contributed by atoms with Crippen molar-refractivity contribution in [3.05, 3.63) is 33.8 Å². The number of carbonyl (C=O) groups excluding carboxylic acids is 2. The minimum atomic E-state index is -1.31. The summed E-state index contributed by atoms with van der Waals surface area (Å²) in [6, 6.07) is 4.75. The Balaban J connectivity index is 3.57. The highest BCUT2D eigenvalue weighted by molar-refractivity contribution is 6.42. The number of halogens is 2.